The van der Waals surface area contributed by atoms with Gasteiger partial charge in [0, 0.05) is 11.8 Å². The molecule has 0 amide bonds. The highest BCUT2D eigenvalue weighted by atomic mass is 16.5. The van der Waals surface area contributed by atoms with E-state index < -0.39 is 5.97 Å². The molecule has 166 valence electrons. The second kappa shape index (κ2) is 10.6. The highest BCUT2D eigenvalue weighted by Crippen LogP contribution is 2.42. The van der Waals surface area contributed by atoms with Crippen LogP contribution in [0.3, 0.4) is 0 Å². The number of ether oxygens (including phenoxy) is 1. The Morgan fingerprint density at radius 2 is 1.12 bits per heavy atom. The van der Waals surface area contributed by atoms with Crippen molar-refractivity contribution in [3.8, 4) is 5.75 Å². The predicted molar refractivity (Wildman–Crippen MR) is 132 cm³/mol. The third-order valence-corrected chi connectivity index (χ3v) is 6.10. The van der Waals surface area contributed by atoms with Crippen LogP contribution in [0.4, 0.5) is 0 Å². The van der Waals surface area contributed by atoms with E-state index in [0.717, 1.165) is 17.7 Å². The maximum Gasteiger partial charge on any atom is 0.303 e. The average molecular weight is 437 g/mol. The molecule has 0 unspecified atom stereocenters. The fourth-order valence-corrected chi connectivity index (χ4v) is 4.43. The zero-order valence-electron chi connectivity index (χ0n) is 18.6. The molecule has 0 heterocycles. The molecule has 4 aromatic rings. The Morgan fingerprint density at radius 3 is 1.55 bits per heavy atom. The summed E-state index contributed by atoms with van der Waals surface area (Å²) in [6.45, 7) is 0.535. The number of hydrogen-bond donors (Lipinski definition) is 1. The minimum absolute atomic E-state index is 0.133. The van der Waals surface area contributed by atoms with Gasteiger partial charge in [-0.25, -0.2) is 0 Å². The molecule has 4 aromatic carbocycles. The van der Waals surface area contributed by atoms with Crippen molar-refractivity contribution in [2.45, 2.75) is 24.7 Å². The van der Waals surface area contributed by atoms with Crippen molar-refractivity contribution in [3.05, 3.63) is 138 Å². The summed E-state index contributed by atoms with van der Waals surface area (Å²) >= 11 is 0. The van der Waals surface area contributed by atoms with Gasteiger partial charge in [0.25, 0.3) is 0 Å². The molecule has 0 saturated carbocycles. The number of rotatable bonds is 10. The maximum absolute atomic E-state index is 10.8. The van der Waals surface area contributed by atoms with Crippen LogP contribution in [-0.4, -0.2) is 17.7 Å². The van der Waals surface area contributed by atoms with Gasteiger partial charge in [-0.15, -0.1) is 0 Å². The third kappa shape index (κ3) is 5.32. The van der Waals surface area contributed by atoms with Gasteiger partial charge in [0.15, 0.2) is 0 Å². The van der Waals surface area contributed by atoms with Crippen LogP contribution in [-0.2, 0) is 16.6 Å². The zero-order valence-corrected chi connectivity index (χ0v) is 18.6. The van der Waals surface area contributed by atoms with Gasteiger partial charge >= 0.3 is 5.97 Å². The number of carbonyl (C=O) groups is 1. The van der Waals surface area contributed by atoms with Crippen LogP contribution in [0.5, 0.6) is 5.75 Å². The highest BCUT2D eigenvalue weighted by Gasteiger charge is 2.36. The Labute approximate surface area is 195 Å². The second-order valence-corrected chi connectivity index (χ2v) is 8.14. The molecule has 33 heavy (non-hydrogen) atoms. The molecule has 0 aliphatic rings. The summed E-state index contributed by atoms with van der Waals surface area (Å²) in [5.74, 6) is 0.00608. The molecule has 3 heteroatoms. The van der Waals surface area contributed by atoms with Gasteiger partial charge in [-0.2, -0.15) is 0 Å². The molecule has 0 bridgehead atoms. The number of carboxylic acids is 1. The molecule has 0 aliphatic carbocycles. The first-order chi connectivity index (χ1) is 16.2. The van der Waals surface area contributed by atoms with E-state index in [1.54, 1.807) is 0 Å². The van der Waals surface area contributed by atoms with E-state index in [2.05, 4.69) is 72.8 Å². The molecule has 3 nitrogen and oxygen atoms in total. The molecule has 1 N–H and O–H groups in total. The van der Waals surface area contributed by atoms with Crippen LogP contribution in [0.2, 0.25) is 0 Å². The Balaban J connectivity index is 1.61. The van der Waals surface area contributed by atoms with Crippen molar-refractivity contribution in [2.24, 2.45) is 0 Å². The van der Waals surface area contributed by atoms with Crippen LogP contribution >= 0.6 is 0 Å². The van der Waals surface area contributed by atoms with Gasteiger partial charge in [0.1, 0.15) is 5.75 Å². The summed E-state index contributed by atoms with van der Waals surface area (Å²) in [5.41, 5.74) is 4.35. The summed E-state index contributed by atoms with van der Waals surface area (Å²) in [7, 11) is 0. The topological polar surface area (TPSA) is 46.5 Å². The Morgan fingerprint density at radius 1 is 0.667 bits per heavy atom. The lowest BCUT2D eigenvalue weighted by molar-refractivity contribution is -0.136. The fraction of sp³-hybridized carbons (Fsp3) is 0.167. The third-order valence-electron chi connectivity index (χ3n) is 6.10. The number of hydrogen-bond acceptors (Lipinski definition) is 2. The molecule has 4 rings (SSSR count). The normalized spacial score (nSPS) is 11.2. The lowest BCUT2D eigenvalue weighted by Crippen LogP contribution is -2.31. The van der Waals surface area contributed by atoms with Crippen LogP contribution < -0.4 is 4.74 Å². The highest BCUT2D eigenvalue weighted by molar-refractivity contribution is 5.67. The van der Waals surface area contributed by atoms with E-state index in [4.69, 9.17) is 9.84 Å². The van der Waals surface area contributed by atoms with Gasteiger partial charge in [0.2, 0.25) is 0 Å². The number of aryl methyl sites for hydroxylation is 1. The van der Waals surface area contributed by atoms with E-state index in [9.17, 15) is 4.79 Å². The first-order valence-electron chi connectivity index (χ1n) is 11.3. The van der Waals surface area contributed by atoms with Gasteiger partial charge in [-0.1, -0.05) is 103 Å². The Hall–Kier alpha value is -3.85. The lowest BCUT2D eigenvalue weighted by atomic mass is 9.67. The minimum atomic E-state index is -0.783. The first kappa shape index (κ1) is 22.3. The van der Waals surface area contributed by atoms with Crippen LogP contribution in [0.1, 0.15) is 35.1 Å². The minimum Gasteiger partial charge on any atom is -0.494 e. The summed E-state index contributed by atoms with van der Waals surface area (Å²) in [4.78, 5) is 10.8. The maximum atomic E-state index is 10.8. The van der Waals surface area contributed by atoms with Crippen LogP contribution in [0.15, 0.2) is 115 Å². The van der Waals surface area contributed by atoms with Crippen molar-refractivity contribution in [1.82, 2.24) is 0 Å². The van der Waals surface area contributed by atoms with E-state index in [-0.39, 0.29) is 11.8 Å². The molecule has 0 fully saturated rings. The van der Waals surface area contributed by atoms with Crippen LogP contribution in [0.25, 0.3) is 0 Å². The SMILES string of the molecule is O=C(O)CCc1ccc(OCCC(c2ccccc2)(c2ccccc2)c2ccccc2)cc1. The summed E-state index contributed by atoms with van der Waals surface area (Å²) in [6, 6.07) is 39.6. The van der Waals surface area contributed by atoms with Crippen molar-refractivity contribution in [1.29, 1.82) is 0 Å². The first-order valence-corrected chi connectivity index (χ1v) is 11.3. The smallest absolute Gasteiger partial charge is 0.303 e. The van der Waals surface area contributed by atoms with Crippen molar-refractivity contribution < 1.29 is 14.6 Å². The average Bonchev–Trinajstić information content (AvgIpc) is 2.88. The lowest BCUT2D eigenvalue weighted by Gasteiger charge is -2.36. The largest absolute Gasteiger partial charge is 0.494 e. The summed E-state index contributed by atoms with van der Waals surface area (Å²) in [5, 5.41) is 8.88. The van der Waals surface area contributed by atoms with Crippen LogP contribution in [0, 0.1) is 0 Å². The Kier molecular flexibility index (Phi) is 7.21. The van der Waals surface area contributed by atoms with E-state index in [1.165, 1.54) is 16.7 Å². The second-order valence-electron chi connectivity index (χ2n) is 8.14. The van der Waals surface area contributed by atoms with Crippen molar-refractivity contribution in [2.75, 3.05) is 6.61 Å². The number of aliphatic carboxylic acids is 1. The molecular formula is C30H28O3. The van der Waals surface area contributed by atoms with Crippen molar-refractivity contribution in [3.63, 3.8) is 0 Å². The van der Waals surface area contributed by atoms with Gasteiger partial charge in [-0.05, 0) is 47.2 Å². The Bertz CT molecular complexity index is 1040. The predicted octanol–water partition coefficient (Wildman–Crippen LogP) is 6.51. The molecule has 0 spiro atoms. The molecule has 0 atom stereocenters. The van der Waals surface area contributed by atoms with E-state index >= 15 is 0 Å². The summed E-state index contributed by atoms with van der Waals surface area (Å²) < 4.78 is 6.19. The van der Waals surface area contributed by atoms with E-state index in [1.807, 2.05) is 42.5 Å². The number of benzene rings is 4. The molecule has 0 aliphatic heterocycles. The molecule has 0 aromatic heterocycles. The molecular weight excluding hydrogens is 408 g/mol. The summed E-state index contributed by atoms with van der Waals surface area (Å²) in [6.07, 6.45) is 1.43. The fourth-order valence-electron chi connectivity index (χ4n) is 4.43. The van der Waals surface area contributed by atoms with Gasteiger partial charge < -0.3 is 9.84 Å². The van der Waals surface area contributed by atoms with E-state index in [0.29, 0.717) is 13.0 Å². The van der Waals surface area contributed by atoms with Gasteiger partial charge in [0.05, 0.1) is 6.61 Å². The van der Waals surface area contributed by atoms with Crippen molar-refractivity contribution >= 4 is 5.97 Å². The number of carboxylic acid groups (broad SMARTS) is 1. The molecule has 0 radical (unpaired) electrons. The molecule has 0 saturated heterocycles. The van der Waals surface area contributed by atoms with Gasteiger partial charge in [-0.3, -0.25) is 4.79 Å². The standard InChI is InChI=1S/C30H28O3/c31-29(32)21-18-24-16-19-28(20-17-24)33-23-22-30(25-10-4-1-5-11-25,26-12-6-2-7-13-26)27-14-8-3-9-15-27/h1-17,19-20H,18,21-23H2,(H,31,32). The zero-order chi connectivity index (χ0) is 22.9. The quantitative estimate of drug-likeness (QED) is 0.288. The monoisotopic (exact) mass is 436 g/mol.